The molecular formula is C26H37NO2. The van der Waals surface area contributed by atoms with Gasteiger partial charge in [-0.1, -0.05) is 31.1 Å². The third-order valence-corrected chi connectivity index (χ3v) is 9.63. The molecule has 4 aliphatic carbocycles. The molecule has 5 aliphatic rings. The van der Waals surface area contributed by atoms with E-state index in [-0.39, 0.29) is 11.7 Å². The molecule has 158 valence electrons. The highest BCUT2D eigenvalue weighted by Gasteiger charge is 2.57. The summed E-state index contributed by atoms with van der Waals surface area (Å²) in [5.74, 6) is 2.38. The minimum absolute atomic E-state index is 0.0364. The number of hydrogen-bond acceptors (Lipinski definition) is 3. The summed E-state index contributed by atoms with van der Waals surface area (Å²) in [6.45, 7) is 5.89. The van der Waals surface area contributed by atoms with Crippen molar-refractivity contribution < 1.29 is 9.47 Å². The first-order chi connectivity index (χ1) is 14.0. The van der Waals surface area contributed by atoms with Gasteiger partial charge in [0.2, 0.25) is 0 Å². The molecule has 7 unspecified atom stereocenters. The van der Waals surface area contributed by atoms with Crippen LogP contribution in [0.15, 0.2) is 23.3 Å². The molecule has 0 bridgehead atoms. The summed E-state index contributed by atoms with van der Waals surface area (Å²) < 4.78 is 12.2. The van der Waals surface area contributed by atoms with Gasteiger partial charge in [-0.15, -0.1) is 0 Å². The van der Waals surface area contributed by atoms with Gasteiger partial charge >= 0.3 is 0 Å². The normalized spacial score (nSPS) is 48.2. The lowest BCUT2D eigenvalue weighted by Crippen LogP contribution is -2.50. The first kappa shape index (κ1) is 19.8. The van der Waals surface area contributed by atoms with Crippen molar-refractivity contribution >= 4 is 0 Å². The third-order valence-electron chi connectivity index (χ3n) is 9.63. The highest BCUT2D eigenvalue weighted by molar-refractivity contribution is 5.31. The highest BCUT2D eigenvalue weighted by atomic mass is 16.7. The number of nitrogens with zero attached hydrogens (tertiary/aromatic N) is 1. The fourth-order valence-corrected chi connectivity index (χ4v) is 7.94. The molecule has 29 heavy (non-hydrogen) atoms. The van der Waals surface area contributed by atoms with Crippen molar-refractivity contribution in [1.82, 2.24) is 0 Å². The zero-order valence-electron chi connectivity index (χ0n) is 18.3. The first-order valence-corrected chi connectivity index (χ1v) is 12.1. The summed E-state index contributed by atoms with van der Waals surface area (Å²) in [6.07, 6.45) is 18.2. The van der Waals surface area contributed by atoms with E-state index in [1.165, 1.54) is 56.9 Å². The van der Waals surface area contributed by atoms with Crippen LogP contribution in [0.1, 0.15) is 84.5 Å². The summed E-state index contributed by atoms with van der Waals surface area (Å²) in [4.78, 5) is 0. The number of nitriles is 1. The Morgan fingerprint density at radius 3 is 2.72 bits per heavy atom. The molecule has 1 saturated heterocycles. The molecule has 3 heteroatoms. The Morgan fingerprint density at radius 2 is 1.93 bits per heavy atom. The molecule has 0 spiro atoms. The number of allylic oxidation sites excluding steroid dienone is 3. The summed E-state index contributed by atoms with van der Waals surface area (Å²) in [5.41, 5.74) is 3.75. The van der Waals surface area contributed by atoms with Crippen molar-refractivity contribution in [2.45, 2.75) is 96.9 Å². The summed E-state index contributed by atoms with van der Waals surface area (Å²) in [7, 11) is 0. The number of ether oxygens (including phenoxy) is 2. The topological polar surface area (TPSA) is 42.2 Å². The van der Waals surface area contributed by atoms with Crippen LogP contribution in [0.3, 0.4) is 0 Å². The average molecular weight is 396 g/mol. The molecule has 7 atom stereocenters. The Kier molecular flexibility index (Phi) is 5.16. The van der Waals surface area contributed by atoms with E-state index in [9.17, 15) is 5.26 Å². The maximum absolute atomic E-state index is 9.24. The Morgan fingerprint density at radius 1 is 1.10 bits per heavy atom. The van der Waals surface area contributed by atoms with Gasteiger partial charge in [0.15, 0.2) is 6.29 Å². The van der Waals surface area contributed by atoms with E-state index in [0.29, 0.717) is 11.5 Å². The van der Waals surface area contributed by atoms with Gasteiger partial charge in [-0.2, -0.15) is 5.26 Å². The molecule has 0 N–H and O–H groups in total. The second kappa shape index (κ2) is 7.54. The van der Waals surface area contributed by atoms with Gasteiger partial charge in [0, 0.05) is 12.7 Å². The smallest absolute Gasteiger partial charge is 0.157 e. The fraction of sp³-hybridized carbons (Fsp3) is 0.808. The largest absolute Gasteiger partial charge is 0.353 e. The Balaban J connectivity index is 1.33. The molecule has 0 amide bonds. The Labute approximate surface area is 176 Å². The molecule has 0 aromatic carbocycles. The van der Waals surface area contributed by atoms with Crippen LogP contribution in [0.5, 0.6) is 0 Å². The standard InChI is InChI=1S/C26H37NO2/c1-25-14-11-23-21(22(25)9-7-18(25)12-15-27)8-6-19-17-20(10-13-26(19,23)2)29-24-5-3-4-16-28-24/h6,12,20-24H,3-5,7-11,13-14,16-17H2,1-2H3/b18-12-. The van der Waals surface area contributed by atoms with Crippen LogP contribution in [0.2, 0.25) is 0 Å². The maximum atomic E-state index is 9.24. The molecule has 1 aliphatic heterocycles. The minimum atomic E-state index is 0.0364. The molecule has 1 heterocycles. The van der Waals surface area contributed by atoms with Gasteiger partial charge in [0.05, 0.1) is 12.2 Å². The van der Waals surface area contributed by atoms with Crippen LogP contribution in [0.25, 0.3) is 0 Å². The molecule has 3 nitrogen and oxygen atoms in total. The average Bonchev–Trinajstić information content (AvgIpc) is 3.06. The van der Waals surface area contributed by atoms with Crippen molar-refractivity contribution in [3.8, 4) is 6.07 Å². The zero-order chi connectivity index (χ0) is 20.1. The summed E-state index contributed by atoms with van der Waals surface area (Å²) >= 11 is 0. The minimum Gasteiger partial charge on any atom is -0.353 e. The van der Waals surface area contributed by atoms with Gasteiger partial charge in [-0.25, -0.2) is 0 Å². The summed E-state index contributed by atoms with van der Waals surface area (Å²) in [6, 6.07) is 2.33. The number of hydrogen-bond donors (Lipinski definition) is 0. The SMILES string of the molecule is CC12CCC(OC3CCCCO3)CC1=CCC1C2CCC2(C)/C(=C\C#N)CCC12. The molecule has 0 aromatic rings. The van der Waals surface area contributed by atoms with Crippen molar-refractivity contribution in [3.05, 3.63) is 23.3 Å². The highest BCUT2D eigenvalue weighted by Crippen LogP contribution is 2.66. The Hall–Kier alpha value is -1.11. The quantitative estimate of drug-likeness (QED) is 0.406. The number of rotatable bonds is 2. The predicted octanol–water partition coefficient (Wildman–Crippen LogP) is 6.31. The second-order valence-electron chi connectivity index (χ2n) is 10.8. The molecule has 5 rings (SSSR count). The summed E-state index contributed by atoms with van der Waals surface area (Å²) in [5, 5.41) is 9.24. The zero-order valence-corrected chi connectivity index (χ0v) is 18.3. The van der Waals surface area contributed by atoms with Gasteiger partial charge in [-0.05, 0) is 99.2 Å². The van der Waals surface area contributed by atoms with Gasteiger partial charge in [0.25, 0.3) is 0 Å². The predicted molar refractivity (Wildman–Crippen MR) is 114 cm³/mol. The van der Waals surface area contributed by atoms with E-state index in [1.54, 1.807) is 5.57 Å². The van der Waals surface area contributed by atoms with Crippen LogP contribution in [-0.4, -0.2) is 19.0 Å². The molecular weight excluding hydrogens is 358 g/mol. The van der Waals surface area contributed by atoms with E-state index >= 15 is 0 Å². The second-order valence-corrected chi connectivity index (χ2v) is 10.8. The van der Waals surface area contributed by atoms with Crippen LogP contribution >= 0.6 is 0 Å². The first-order valence-electron chi connectivity index (χ1n) is 12.1. The lowest BCUT2D eigenvalue weighted by molar-refractivity contribution is -0.195. The van der Waals surface area contributed by atoms with Gasteiger partial charge < -0.3 is 9.47 Å². The van der Waals surface area contributed by atoms with Crippen LogP contribution in [-0.2, 0) is 9.47 Å². The van der Waals surface area contributed by atoms with E-state index in [4.69, 9.17) is 9.47 Å². The molecule has 0 aromatic heterocycles. The third kappa shape index (κ3) is 3.22. The van der Waals surface area contributed by atoms with E-state index < -0.39 is 0 Å². The van der Waals surface area contributed by atoms with Gasteiger partial charge in [0.1, 0.15) is 0 Å². The van der Waals surface area contributed by atoms with Crippen molar-refractivity contribution in [3.63, 3.8) is 0 Å². The van der Waals surface area contributed by atoms with Crippen LogP contribution in [0, 0.1) is 39.9 Å². The molecule has 3 saturated carbocycles. The van der Waals surface area contributed by atoms with Crippen molar-refractivity contribution in [2.24, 2.45) is 28.6 Å². The molecule has 4 fully saturated rings. The van der Waals surface area contributed by atoms with Gasteiger partial charge in [-0.3, -0.25) is 0 Å². The fourth-order valence-electron chi connectivity index (χ4n) is 7.94. The van der Waals surface area contributed by atoms with E-state index in [2.05, 4.69) is 26.0 Å². The monoisotopic (exact) mass is 395 g/mol. The molecule has 0 radical (unpaired) electrons. The van der Waals surface area contributed by atoms with Crippen molar-refractivity contribution in [1.29, 1.82) is 5.26 Å². The Bertz CT molecular complexity index is 742. The van der Waals surface area contributed by atoms with Crippen LogP contribution < -0.4 is 0 Å². The number of fused-ring (bicyclic) bond motifs is 5. The van der Waals surface area contributed by atoms with Crippen molar-refractivity contribution in [2.75, 3.05) is 6.61 Å². The van der Waals surface area contributed by atoms with E-state index in [1.807, 2.05) is 6.08 Å². The lowest BCUT2D eigenvalue weighted by atomic mass is 9.48. The lowest BCUT2D eigenvalue weighted by Gasteiger charge is -2.57. The van der Waals surface area contributed by atoms with E-state index in [0.717, 1.165) is 43.6 Å². The van der Waals surface area contributed by atoms with Crippen LogP contribution in [0.4, 0.5) is 0 Å². The maximum Gasteiger partial charge on any atom is 0.157 e.